The zero-order valence-corrected chi connectivity index (χ0v) is 17.9. The number of hydrogen-bond acceptors (Lipinski definition) is 7. The molecule has 0 bridgehead atoms. The lowest BCUT2D eigenvalue weighted by atomic mass is 10.1. The van der Waals surface area contributed by atoms with Crippen LogP contribution in [-0.2, 0) is 34.5 Å². The monoisotopic (exact) mass is 434 g/mol. The van der Waals surface area contributed by atoms with Crippen molar-refractivity contribution in [3.63, 3.8) is 0 Å². The molecule has 29 heavy (non-hydrogen) atoms. The van der Waals surface area contributed by atoms with Crippen LogP contribution in [0.4, 0.5) is 5.69 Å². The van der Waals surface area contributed by atoms with Crippen molar-refractivity contribution in [2.75, 3.05) is 29.2 Å². The van der Waals surface area contributed by atoms with Crippen LogP contribution < -0.4 is 4.90 Å². The van der Waals surface area contributed by atoms with Crippen LogP contribution in [0.3, 0.4) is 0 Å². The number of Topliss-reactive ketones (excluding diaryl/α,β-unsaturated/α-hetero) is 1. The van der Waals surface area contributed by atoms with Gasteiger partial charge in [0, 0.05) is 31.8 Å². The first-order valence-corrected chi connectivity index (χ1v) is 12.2. The first-order valence-electron chi connectivity index (χ1n) is 9.37. The van der Waals surface area contributed by atoms with Gasteiger partial charge in [-0.2, -0.15) is 0 Å². The standard InChI is InChI=1S/C19H22N4O4S2/c1-22-15-4-3-13(8-14(15)9-18(22)25)16(24)10-28-19-21-20-17(23(19)2)7-12-5-6-29(26,27)11-12/h3-4,8,12H,5-7,9-11H2,1-2H3/t12-/m1/s1. The van der Waals surface area contributed by atoms with Crippen molar-refractivity contribution in [3.05, 3.63) is 35.2 Å². The van der Waals surface area contributed by atoms with Crippen LogP contribution in [0.2, 0.25) is 0 Å². The number of fused-ring (bicyclic) bond motifs is 1. The van der Waals surface area contributed by atoms with E-state index in [2.05, 4.69) is 10.2 Å². The Morgan fingerprint density at radius 3 is 2.79 bits per heavy atom. The fourth-order valence-corrected chi connectivity index (χ4v) is 6.48. The summed E-state index contributed by atoms with van der Waals surface area (Å²) in [6.07, 6.45) is 1.55. The topological polar surface area (TPSA) is 102 Å². The number of likely N-dealkylation sites (N-methyl/N-ethyl adjacent to an activating group) is 1. The molecule has 1 saturated heterocycles. The molecule has 0 radical (unpaired) electrons. The number of carbonyl (C=O) groups excluding carboxylic acids is 2. The molecule has 2 aliphatic rings. The fraction of sp³-hybridized carbons (Fsp3) is 0.474. The van der Waals surface area contributed by atoms with E-state index in [1.165, 1.54) is 11.8 Å². The Morgan fingerprint density at radius 1 is 1.28 bits per heavy atom. The first kappa shape index (κ1) is 20.1. The second kappa shape index (κ2) is 7.56. The van der Waals surface area contributed by atoms with E-state index in [1.54, 1.807) is 24.1 Å². The molecule has 0 aliphatic carbocycles. The summed E-state index contributed by atoms with van der Waals surface area (Å²) in [5.74, 6) is 1.47. The molecular formula is C19H22N4O4S2. The van der Waals surface area contributed by atoms with Gasteiger partial charge in [-0.3, -0.25) is 9.59 Å². The maximum Gasteiger partial charge on any atom is 0.231 e. The highest BCUT2D eigenvalue weighted by Crippen LogP contribution is 2.29. The van der Waals surface area contributed by atoms with Gasteiger partial charge in [0.1, 0.15) is 5.82 Å². The quantitative estimate of drug-likeness (QED) is 0.499. The minimum Gasteiger partial charge on any atom is -0.315 e. The third kappa shape index (κ3) is 4.09. The summed E-state index contributed by atoms with van der Waals surface area (Å²) in [5, 5.41) is 8.97. The number of amides is 1. The van der Waals surface area contributed by atoms with E-state index in [9.17, 15) is 18.0 Å². The number of anilines is 1. The van der Waals surface area contributed by atoms with Crippen molar-refractivity contribution < 1.29 is 18.0 Å². The van der Waals surface area contributed by atoms with Gasteiger partial charge in [0.25, 0.3) is 0 Å². The normalized spacial score (nSPS) is 20.3. The number of sulfone groups is 1. The van der Waals surface area contributed by atoms with Gasteiger partial charge in [-0.25, -0.2) is 8.42 Å². The Kier molecular flexibility index (Phi) is 5.24. The molecule has 154 valence electrons. The maximum absolute atomic E-state index is 12.6. The van der Waals surface area contributed by atoms with Gasteiger partial charge in [0.15, 0.2) is 20.8 Å². The van der Waals surface area contributed by atoms with Gasteiger partial charge in [-0.15, -0.1) is 10.2 Å². The van der Waals surface area contributed by atoms with E-state index in [1.807, 2.05) is 17.7 Å². The molecule has 4 rings (SSSR count). The summed E-state index contributed by atoms with van der Waals surface area (Å²) in [6, 6.07) is 5.36. The second-order valence-electron chi connectivity index (χ2n) is 7.62. The molecule has 8 nitrogen and oxygen atoms in total. The summed E-state index contributed by atoms with van der Waals surface area (Å²) in [7, 11) is 0.654. The molecule has 2 aliphatic heterocycles. The third-order valence-corrected chi connectivity index (χ3v) is 8.39. The molecule has 2 aromatic rings. The van der Waals surface area contributed by atoms with Crippen molar-refractivity contribution in [1.82, 2.24) is 14.8 Å². The molecule has 1 aromatic heterocycles. The molecule has 1 atom stereocenters. The Morgan fingerprint density at radius 2 is 2.07 bits per heavy atom. The number of thioether (sulfide) groups is 1. The smallest absolute Gasteiger partial charge is 0.231 e. The summed E-state index contributed by atoms with van der Waals surface area (Å²) in [4.78, 5) is 26.0. The van der Waals surface area contributed by atoms with Gasteiger partial charge in [-0.05, 0) is 36.1 Å². The summed E-state index contributed by atoms with van der Waals surface area (Å²) in [6.45, 7) is 0. The average molecular weight is 435 g/mol. The zero-order chi connectivity index (χ0) is 20.8. The molecule has 3 heterocycles. The van der Waals surface area contributed by atoms with Crippen LogP contribution in [0, 0.1) is 5.92 Å². The molecule has 1 amide bonds. The van der Waals surface area contributed by atoms with Crippen molar-refractivity contribution >= 4 is 39.0 Å². The van der Waals surface area contributed by atoms with Crippen LogP contribution in [0.25, 0.3) is 0 Å². The lowest BCUT2D eigenvalue weighted by molar-refractivity contribution is -0.117. The number of benzene rings is 1. The number of hydrogen-bond donors (Lipinski definition) is 0. The van der Waals surface area contributed by atoms with Crippen LogP contribution in [0.5, 0.6) is 0 Å². The minimum absolute atomic E-state index is 0.0284. The highest BCUT2D eigenvalue weighted by atomic mass is 32.2. The Hall–Kier alpha value is -2.20. The van der Waals surface area contributed by atoms with E-state index < -0.39 is 9.84 Å². The van der Waals surface area contributed by atoms with Gasteiger partial charge in [-0.1, -0.05) is 11.8 Å². The lowest BCUT2D eigenvalue weighted by Gasteiger charge is -2.10. The fourth-order valence-electron chi connectivity index (χ4n) is 3.80. The Labute approximate surface area is 173 Å². The van der Waals surface area contributed by atoms with E-state index in [4.69, 9.17) is 0 Å². The van der Waals surface area contributed by atoms with Crippen LogP contribution >= 0.6 is 11.8 Å². The summed E-state index contributed by atoms with van der Waals surface area (Å²) < 4.78 is 25.1. The lowest BCUT2D eigenvalue weighted by Crippen LogP contribution is -2.20. The van der Waals surface area contributed by atoms with Crippen molar-refractivity contribution in [1.29, 1.82) is 0 Å². The van der Waals surface area contributed by atoms with E-state index >= 15 is 0 Å². The molecule has 10 heteroatoms. The van der Waals surface area contributed by atoms with Crippen LogP contribution in [0.1, 0.15) is 28.2 Å². The van der Waals surface area contributed by atoms with Crippen molar-refractivity contribution in [2.45, 2.75) is 24.4 Å². The number of aromatic nitrogens is 3. The average Bonchev–Trinajstić information content (AvgIpc) is 3.29. The van der Waals surface area contributed by atoms with Crippen molar-refractivity contribution in [2.24, 2.45) is 13.0 Å². The molecule has 0 unspecified atom stereocenters. The summed E-state index contributed by atoms with van der Waals surface area (Å²) >= 11 is 1.31. The first-order chi connectivity index (χ1) is 13.7. The summed E-state index contributed by atoms with van der Waals surface area (Å²) in [5.41, 5.74) is 2.31. The largest absolute Gasteiger partial charge is 0.315 e. The van der Waals surface area contributed by atoms with E-state index in [-0.39, 0.29) is 34.9 Å². The number of ketones is 1. The predicted molar refractivity (Wildman–Crippen MR) is 110 cm³/mol. The minimum atomic E-state index is -2.92. The molecule has 0 saturated carbocycles. The number of rotatable bonds is 6. The second-order valence-corrected chi connectivity index (χ2v) is 10.8. The van der Waals surface area contributed by atoms with Crippen molar-refractivity contribution in [3.8, 4) is 0 Å². The van der Waals surface area contributed by atoms with Gasteiger partial charge in [0.05, 0.1) is 23.7 Å². The molecular weight excluding hydrogens is 412 g/mol. The van der Waals surface area contributed by atoms with Gasteiger partial charge < -0.3 is 9.47 Å². The van der Waals surface area contributed by atoms with E-state index in [0.29, 0.717) is 30.0 Å². The van der Waals surface area contributed by atoms with Gasteiger partial charge >= 0.3 is 0 Å². The van der Waals surface area contributed by atoms with E-state index in [0.717, 1.165) is 17.1 Å². The molecule has 0 N–H and O–H groups in total. The third-order valence-electron chi connectivity index (χ3n) is 5.53. The highest BCUT2D eigenvalue weighted by molar-refractivity contribution is 7.99. The molecule has 1 aromatic carbocycles. The SMILES string of the molecule is CN1C(=O)Cc2cc(C(=O)CSc3nnc(C[C@H]4CCS(=O)(=O)C4)n3C)ccc21. The Balaban J connectivity index is 1.39. The zero-order valence-electron chi connectivity index (χ0n) is 16.3. The maximum atomic E-state index is 12.6. The van der Waals surface area contributed by atoms with Crippen LogP contribution in [-0.4, -0.2) is 59.2 Å². The van der Waals surface area contributed by atoms with Crippen LogP contribution in [0.15, 0.2) is 23.4 Å². The highest BCUT2D eigenvalue weighted by Gasteiger charge is 2.29. The molecule has 0 spiro atoms. The predicted octanol–water partition coefficient (Wildman–Crippen LogP) is 1.29. The van der Waals surface area contributed by atoms with Gasteiger partial charge in [0.2, 0.25) is 5.91 Å². The number of nitrogens with zero attached hydrogens (tertiary/aromatic N) is 4. The Bertz CT molecular complexity index is 1090. The molecule has 1 fully saturated rings. The number of carbonyl (C=O) groups is 2.